The van der Waals surface area contributed by atoms with Crippen molar-refractivity contribution in [2.45, 2.75) is 32.6 Å². The second-order valence-electron chi connectivity index (χ2n) is 5.53. The number of hydrogen-bond acceptors (Lipinski definition) is 1. The van der Waals surface area contributed by atoms with Crippen LogP contribution >= 0.6 is 0 Å². The van der Waals surface area contributed by atoms with Gasteiger partial charge >= 0.3 is 0 Å². The average molecular weight is 295 g/mol. The van der Waals surface area contributed by atoms with Gasteiger partial charge in [0.25, 0.3) is 0 Å². The van der Waals surface area contributed by atoms with E-state index in [1.807, 2.05) is 65.6 Å². The molecule has 116 valence electrons. The van der Waals surface area contributed by atoms with Crippen LogP contribution in [0.15, 0.2) is 60.7 Å². The van der Waals surface area contributed by atoms with E-state index in [-0.39, 0.29) is 11.8 Å². The molecule has 0 atom stereocenters. The molecule has 2 rings (SSSR count). The van der Waals surface area contributed by atoms with Gasteiger partial charge in [-0.15, -0.1) is 0 Å². The van der Waals surface area contributed by atoms with Crippen LogP contribution in [0.5, 0.6) is 0 Å². The zero-order valence-electron chi connectivity index (χ0n) is 13.5. The van der Waals surface area contributed by atoms with Gasteiger partial charge in [-0.05, 0) is 24.5 Å². The molecule has 0 aliphatic carbocycles. The van der Waals surface area contributed by atoms with Crippen LogP contribution in [0.25, 0.3) is 0 Å². The normalized spacial score (nSPS) is 10.7. The Morgan fingerprint density at radius 3 is 1.82 bits per heavy atom. The molecule has 0 saturated heterocycles. The summed E-state index contributed by atoms with van der Waals surface area (Å²) in [6, 6.07) is 20.2. The molecule has 0 bridgehead atoms. The average Bonchev–Trinajstić information content (AvgIpc) is 2.58. The molecule has 0 saturated carbocycles. The van der Waals surface area contributed by atoms with E-state index in [0.717, 1.165) is 37.1 Å². The quantitative estimate of drug-likeness (QED) is 0.738. The first-order valence-electron chi connectivity index (χ1n) is 8.16. The maximum atomic E-state index is 13.1. The van der Waals surface area contributed by atoms with Crippen molar-refractivity contribution < 1.29 is 4.79 Å². The zero-order valence-corrected chi connectivity index (χ0v) is 13.5. The lowest BCUT2D eigenvalue weighted by Gasteiger charge is -2.27. The predicted molar refractivity (Wildman–Crippen MR) is 91.9 cm³/mol. The molecule has 0 heterocycles. The van der Waals surface area contributed by atoms with E-state index in [0.29, 0.717) is 0 Å². The summed E-state index contributed by atoms with van der Waals surface area (Å²) < 4.78 is 0. The summed E-state index contributed by atoms with van der Waals surface area (Å²) in [7, 11) is 0. The first-order chi connectivity index (χ1) is 10.8. The van der Waals surface area contributed by atoms with Crippen molar-refractivity contribution in [2.75, 3.05) is 13.1 Å². The van der Waals surface area contributed by atoms with Gasteiger partial charge in [-0.3, -0.25) is 4.79 Å². The molecule has 2 heteroatoms. The van der Waals surface area contributed by atoms with Crippen LogP contribution in [0, 0.1) is 0 Å². The van der Waals surface area contributed by atoms with Gasteiger partial charge < -0.3 is 4.90 Å². The molecule has 0 radical (unpaired) electrons. The van der Waals surface area contributed by atoms with Crippen LogP contribution in [-0.4, -0.2) is 23.9 Å². The summed E-state index contributed by atoms with van der Waals surface area (Å²) in [6.07, 6.45) is 2.15. The molecule has 2 aromatic carbocycles. The predicted octanol–water partition coefficient (Wildman–Crippen LogP) is 4.47. The minimum Gasteiger partial charge on any atom is -0.342 e. The molecule has 2 nitrogen and oxygen atoms in total. The van der Waals surface area contributed by atoms with E-state index in [1.54, 1.807) is 0 Å². The highest BCUT2D eigenvalue weighted by Gasteiger charge is 2.26. The molecule has 1 amide bonds. The highest BCUT2D eigenvalue weighted by atomic mass is 16.2. The van der Waals surface area contributed by atoms with E-state index in [4.69, 9.17) is 0 Å². The second kappa shape index (κ2) is 8.38. The molecule has 0 N–H and O–H groups in total. The molecule has 0 unspecified atom stereocenters. The molecule has 0 fully saturated rings. The number of benzene rings is 2. The van der Waals surface area contributed by atoms with Gasteiger partial charge in [0.1, 0.15) is 0 Å². The van der Waals surface area contributed by atoms with Gasteiger partial charge in [0.05, 0.1) is 5.92 Å². The second-order valence-corrected chi connectivity index (χ2v) is 5.53. The smallest absolute Gasteiger partial charge is 0.234 e. The van der Waals surface area contributed by atoms with Crippen molar-refractivity contribution in [1.82, 2.24) is 4.90 Å². The summed E-state index contributed by atoms with van der Waals surface area (Å²) in [5, 5.41) is 0. The van der Waals surface area contributed by atoms with Gasteiger partial charge in [0.2, 0.25) is 5.91 Å². The first-order valence-corrected chi connectivity index (χ1v) is 8.16. The number of nitrogens with zero attached hydrogens (tertiary/aromatic N) is 1. The Labute approximate surface area is 133 Å². The molecule has 0 spiro atoms. The highest BCUT2D eigenvalue weighted by molar-refractivity contribution is 5.87. The van der Waals surface area contributed by atoms with Crippen molar-refractivity contribution in [3.05, 3.63) is 71.8 Å². The van der Waals surface area contributed by atoms with Crippen LogP contribution in [0.1, 0.15) is 43.7 Å². The fourth-order valence-electron chi connectivity index (χ4n) is 2.72. The van der Waals surface area contributed by atoms with E-state index in [2.05, 4.69) is 13.8 Å². The Morgan fingerprint density at radius 2 is 1.41 bits per heavy atom. The van der Waals surface area contributed by atoms with Crippen molar-refractivity contribution in [1.29, 1.82) is 0 Å². The molecule has 22 heavy (non-hydrogen) atoms. The summed E-state index contributed by atoms with van der Waals surface area (Å²) in [5.74, 6) is -0.00689. The Balaban J connectivity index is 2.34. The van der Waals surface area contributed by atoms with Crippen LogP contribution in [0.4, 0.5) is 0 Å². The number of carbonyl (C=O) groups excluding carboxylic acids is 1. The third-order valence-corrected chi connectivity index (χ3v) is 3.99. The van der Waals surface area contributed by atoms with E-state index in [1.165, 1.54) is 0 Å². The van der Waals surface area contributed by atoms with E-state index in [9.17, 15) is 4.79 Å². The number of carbonyl (C=O) groups is 1. The number of unbranched alkanes of at least 4 members (excludes halogenated alkanes) is 1. The van der Waals surface area contributed by atoms with Crippen LogP contribution in [0.2, 0.25) is 0 Å². The zero-order chi connectivity index (χ0) is 15.8. The lowest BCUT2D eigenvalue weighted by molar-refractivity contribution is -0.131. The third kappa shape index (κ3) is 3.97. The summed E-state index contributed by atoms with van der Waals surface area (Å²) >= 11 is 0. The van der Waals surface area contributed by atoms with E-state index < -0.39 is 0 Å². The molecule has 2 aromatic rings. The van der Waals surface area contributed by atoms with Gasteiger partial charge in [0.15, 0.2) is 0 Å². The van der Waals surface area contributed by atoms with E-state index >= 15 is 0 Å². The maximum Gasteiger partial charge on any atom is 0.234 e. The SMILES string of the molecule is CCCCN(CC)C(=O)C(c1ccccc1)c1ccccc1. The summed E-state index contributed by atoms with van der Waals surface area (Å²) in [6.45, 7) is 5.81. The fourth-order valence-corrected chi connectivity index (χ4v) is 2.72. The molecular weight excluding hydrogens is 270 g/mol. The highest BCUT2D eigenvalue weighted by Crippen LogP contribution is 2.26. The van der Waals surface area contributed by atoms with Gasteiger partial charge in [-0.2, -0.15) is 0 Å². The number of rotatable bonds is 7. The molecule has 0 aromatic heterocycles. The minimum absolute atomic E-state index is 0.202. The maximum absolute atomic E-state index is 13.1. The molecular formula is C20H25NO. The van der Waals surface area contributed by atoms with Crippen molar-refractivity contribution in [2.24, 2.45) is 0 Å². The Hall–Kier alpha value is -2.09. The Morgan fingerprint density at radius 1 is 0.909 bits per heavy atom. The minimum atomic E-state index is -0.209. The van der Waals surface area contributed by atoms with Crippen molar-refractivity contribution in [3.8, 4) is 0 Å². The third-order valence-electron chi connectivity index (χ3n) is 3.99. The first kappa shape index (κ1) is 16.3. The lowest BCUT2D eigenvalue weighted by Crippen LogP contribution is -2.36. The number of amides is 1. The standard InChI is InChI=1S/C20H25NO/c1-3-5-16-21(4-2)20(22)19(17-12-8-6-9-13-17)18-14-10-7-11-15-18/h6-15,19H,3-5,16H2,1-2H3. The summed E-state index contributed by atoms with van der Waals surface area (Å²) in [4.78, 5) is 15.1. The molecule has 0 aliphatic heterocycles. The Bertz CT molecular complexity index is 525. The van der Waals surface area contributed by atoms with Crippen molar-refractivity contribution >= 4 is 5.91 Å². The van der Waals surface area contributed by atoms with Gasteiger partial charge in [-0.1, -0.05) is 74.0 Å². The van der Waals surface area contributed by atoms with Gasteiger partial charge in [0, 0.05) is 13.1 Å². The van der Waals surface area contributed by atoms with Crippen LogP contribution < -0.4 is 0 Å². The number of hydrogen-bond donors (Lipinski definition) is 0. The van der Waals surface area contributed by atoms with Crippen molar-refractivity contribution in [3.63, 3.8) is 0 Å². The molecule has 0 aliphatic rings. The van der Waals surface area contributed by atoms with Crippen LogP contribution in [-0.2, 0) is 4.79 Å². The fraction of sp³-hybridized carbons (Fsp3) is 0.350. The summed E-state index contributed by atoms with van der Waals surface area (Å²) in [5.41, 5.74) is 2.13. The topological polar surface area (TPSA) is 20.3 Å². The monoisotopic (exact) mass is 295 g/mol. The van der Waals surface area contributed by atoms with Gasteiger partial charge in [-0.25, -0.2) is 0 Å². The Kier molecular flexibility index (Phi) is 6.20. The largest absolute Gasteiger partial charge is 0.342 e. The number of likely N-dealkylation sites (N-methyl/N-ethyl adjacent to an activating group) is 1. The lowest BCUT2D eigenvalue weighted by atomic mass is 9.90. The van der Waals surface area contributed by atoms with Crippen LogP contribution in [0.3, 0.4) is 0 Å².